The van der Waals surface area contributed by atoms with Crippen LogP contribution < -0.4 is 5.32 Å². The van der Waals surface area contributed by atoms with Gasteiger partial charge in [0.25, 0.3) is 0 Å². The van der Waals surface area contributed by atoms with Crippen molar-refractivity contribution >= 4 is 53.1 Å². The molecule has 0 unspecified atom stereocenters. The number of nitrogens with one attached hydrogen (secondary N) is 1. The van der Waals surface area contributed by atoms with E-state index < -0.39 is 39.6 Å². The number of anilines is 1. The van der Waals surface area contributed by atoms with Crippen LogP contribution in [0.3, 0.4) is 0 Å². The molecule has 11 nitrogen and oxygen atoms in total. The number of thiol groups is 1. The van der Waals surface area contributed by atoms with Gasteiger partial charge in [0.15, 0.2) is 11.9 Å². The van der Waals surface area contributed by atoms with Crippen molar-refractivity contribution in [3.05, 3.63) is 12.3 Å². The van der Waals surface area contributed by atoms with Gasteiger partial charge in [-0.25, -0.2) is 14.2 Å². The maximum atomic E-state index is 12.8. The Bertz CT molecular complexity index is 1030. The minimum Gasteiger partial charge on any atom is -0.444 e. The molecule has 32 heavy (non-hydrogen) atoms. The number of aldehydes is 1. The first kappa shape index (κ1) is 25.7. The maximum absolute atomic E-state index is 12.8. The van der Waals surface area contributed by atoms with E-state index in [1.165, 1.54) is 11.0 Å². The smallest absolute Gasteiger partial charge is 0.420 e. The molecule has 1 aliphatic heterocycles. The van der Waals surface area contributed by atoms with E-state index in [9.17, 15) is 22.8 Å². The number of rotatable bonds is 4. The Balaban J connectivity index is 2.51. The van der Waals surface area contributed by atoms with E-state index in [-0.39, 0.29) is 29.7 Å². The molecule has 1 saturated heterocycles. The highest BCUT2D eigenvalue weighted by molar-refractivity contribution is 7.81. The minimum absolute atomic E-state index is 0.00606. The molecule has 0 bridgehead atoms. The summed E-state index contributed by atoms with van der Waals surface area (Å²) in [7, 11) is -2.78. The van der Waals surface area contributed by atoms with Gasteiger partial charge < -0.3 is 14.8 Å². The van der Waals surface area contributed by atoms with Crippen molar-refractivity contribution in [1.29, 1.82) is 0 Å². The van der Waals surface area contributed by atoms with Gasteiger partial charge >= 0.3 is 22.7 Å². The summed E-state index contributed by atoms with van der Waals surface area (Å²) in [6, 6.07) is 1.25. The summed E-state index contributed by atoms with van der Waals surface area (Å²) in [5, 5.41) is 2.53. The van der Waals surface area contributed by atoms with Crippen LogP contribution in [0.15, 0.2) is 16.6 Å². The number of likely N-dealkylation sites (tertiary alicyclic amines) is 1. The second-order valence-corrected chi connectivity index (χ2v) is 10.7. The van der Waals surface area contributed by atoms with Crippen LogP contribution in [0.25, 0.3) is 0 Å². The van der Waals surface area contributed by atoms with Gasteiger partial charge in [0, 0.05) is 30.5 Å². The summed E-state index contributed by atoms with van der Waals surface area (Å²) in [5.41, 5.74) is -3.31. The third-order valence-corrected chi connectivity index (χ3v) is 4.86. The van der Waals surface area contributed by atoms with Gasteiger partial charge in [-0.3, -0.25) is 9.69 Å². The number of amides is 1. The van der Waals surface area contributed by atoms with Crippen LogP contribution in [0.2, 0.25) is 0 Å². The number of carbonyl (C=O) groups is 3. The quantitative estimate of drug-likeness (QED) is 0.487. The summed E-state index contributed by atoms with van der Waals surface area (Å²) in [6.07, 6.45) is 0.217. The molecule has 0 spiro atoms. The topological polar surface area (TPSA) is 136 Å². The largest absolute Gasteiger partial charge is 0.444 e. The molecular weight excluding hydrogens is 460 g/mol. The zero-order chi connectivity index (χ0) is 24.5. The van der Waals surface area contributed by atoms with E-state index in [1.54, 1.807) is 41.5 Å². The SMILES string of the molecule is CC(C)(C)OC(=O)N1C[C@@H](S)C[C@]1(C=O)Nc1cc(N=S(=O)=O)cn1C(=O)OC(C)(C)C. The van der Waals surface area contributed by atoms with Crippen LogP contribution in [-0.4, -0.2) is 65.0 Å². The number of hydrogen-bond donors (Lipinski definition) is 2. The zero-order valence-electron chi connectivity index (χ0n) is 18.8. The van der Waals surface area contributed by atoms with Crippen LogP contribution >= 0.6 is 12.6 Å². The van der Waals surface area contributed by atoms with Crippen molar-refractivity contribution in [3.63, 3.8) is 0 Å². The Morgan fingerprint density at radius 3 is 2.25 bits per heavy atom. The predicted octanol–water partition coefficient (Wildman–Crippen LogP) is 3.21. The lowest BCUT2D eigenvalue weighted by molar-refractivity contribution is -0.115. The molecule has 13 heteroatoms. The van der Waals surface area contributed by atoms with Gasteiger partial charge in [-0.15, -0.1) is 4.36 Å². The highest BCUT2D eigenvalue weighted by atomic mass is 32.2. The third kappa shape index (κ3) is 6.48. The van der Waals surface area contributed by atoms with Gasteiger partial charge in [0.1, 0.15) is 22.7 Å². The van der Waals surface area contributed by atoms with Gasteiger partial charge in [0.2, 0.25) is 0 Å². The Labute approximate surface area is 193 Å². The lowest BCUT2D eigenvalue weighted by atomic mass is 10.1. The second kappa shape index (κ2) is 9.14. The first-order valence-electron chi connectivity index (χ1n) is 9.75. The Kier molecular flexibility index (Phi) is 7.34. The van der Waals surface area contributed by atoms with Crippen LogP contribution in [0.1, 0.15) is 48.0 Å². The van der Waals surface area contributed by atoms with Crippen molar-refractivity contribution < 1.29 is 32.3 Å². The monoisotopic (exact) mass is 488 g/mol. The molecule has 1 N–H and O–H groups in total. The summed E-state index contributed by atoms with van der Waals surface area (Å²) < 4.78 is 37.2. The molecule has 0 aliphatic carbocycles. The Hall–Kier alpha value is -2.54. The lowest BCUT2D eigenvalue weighted by Gasteiger charge is -2.36. The van der Waals surface area contributed by atoms with Crippen LogP contribution in [0, 0.1) is 0 Å². The number of hydrogen-bond acceptors (Lipinski definition) is 10. The van der Waals surface area contributed by atoms with Gasteiger partial charge in [-0.1, -0.05) is 0 Å². The lowest BCUT2D eigenvalue weighted by Crippen LogP contribution is -2.55. The van der Waals surface area contributed by atoms with E-state index in [2.05, 4.69) is 22.3 Å². The fraction of sp³-hybridized carbons (Fsp3) is 0.632. The van der Waals surface area contributed by atoms with Crippen LogP contribution in [0.5, 0.6) is 0 Å². The molecule has 1 fully saturated rings. The molecule has 1 aromatic rings. The van der Waals surface area contributed by atoms with Gasteiger partial charge in [-0.05, 0) is 41.5 Å². The molecule has 2 atom stereocenters. The van der Waals surface area contributed by atoms with E-state index in [1.807, 2.05) is 0 Å². The van der Waals surface area contributed by atoms with E-state index in [0.29, 0.717) is 6.29 Å². The maximum Gasteiger partial charge on any atom is 0.420 e. The van der Waals surface area contributed by atoms with Crippen LogP contribution in [0.4, 0.5) is 21.1 Å². The normalized spacial score (nSPS) is 21.1. The predicted molar refractivity (Wildman–Crippen MR) is 120 cm³/mol. The van der Waals surface area contributed by atoms with Crippen molar-refractivity contribution in [2.24, 2.45) is 4.36 Å². The minimum atomic E-state index is -2.78. The average molecular weight is 489 g/mol. The molecule has 1 amide bonds. The standard InChI is InChI=1S/C19H28N4O7S2/c1-17(2,3)29-15(25)22-9-12(21-32(27)28)7-14(22)20-19(11-24)8-13(31)10-23(19)16(26)30-18(4,5)6/h7,9,11,13,20,31H,8,10H2,1-6H3/t13-,19-/m0/s1. The molecule has 178 valence electrons. The molecule has 2 rings (SSSR count). The van der Waals surface area contributed by atoms with Crippen molar-refractivity contribution in [2.75, 3.05) is 11.9 Å². The molecule has 0 radical (unpaired) electrons. The Morgan fingerprint density at radius 2 is 1.75 bits per heavy atom. The molecule has 1 aromatic heterocycles. The Morgan fingerprint density at radius 1 is 1.19 bits per heavy atom. The summed E-state index contributed by atoms with van der Waals surface area (Å²) in [5.74, 6) is 0.00606. The molecule has 0 saturated carbocycles. The molecule has 2 heterocycles. The zero-order valence-corrected chi connectivity index (χ0v) is 20.5. The summed E-state index contributed by atoms with van der Waals surface area (Å²) in [6.45, 7) is 10.2. The molecular formula is C19H28N4O7S2. The first-order valence-corrected chi connectivity index (χ1v) is 11.3. The highest BCUT2D eigenvalue weighted by Gasteiger charge is 2.49. The number of carbonyl (C=O) groups excluding carboxylic acids is 3. The number of aromatic nitrogens is 1. The fourth-order valence-electron chi connectivity index (χ4n) is 3.09. The van der Waals surface area contributed by atoms with Crippen molar-refractivity contribution in [2.45, 2.75) is 70.1 Å². The number of nitrogens with zero attached hydrogens (tertiary/aromatic N) is 3. The first-order chi connectivity index (χ1) is 14.5. The van der Waals surface area contributed by atoms with E-state index in [4.69, 9.17) is 9.47 Å². The van der Waals surface area contributed by atoms with Gasteiger partial charge in [-0.2, -0.15) is 21.0 Å². The second-order valence-electron chi connectivity index (χ2n) is 9.36. The highest BCUT2D eigenvalue weighted by Crippen LogP contribution is 2.35. The van der Waals surface area contributed by atoms with Crippen molar-refractivity contribution in [3.8, 4) is 0 Å². The van der Waals surface area contributed by atoms with Crippen LogP contribution in [-0.2, 0) is 24.8 Å². The molecule has 1 aliphatic rings. The summed E-state index contributed by atoms with van der Waals surface area (Å²) in [4.78, 5) is 39.0. The average Bonchev–Trinajstić information content (AvgIpc) is 3.12. The van der Waals surface area contributed by atoms with Gasteiger partial charge in [0.05, 0.1) is 0 Å². The summed E-state index contributed by atoms with van der Waals surface area (Å²) >= 11 is 4.42. The van der Waals surface area contributed by atoms with Crippen molar-refractivity contribution in [1.82, 2.24) is 9.47 Å². The fourth-order valence-corrected chi connectivity index (χ4v) is 3.80. The molecule has 0 aromatic carbocycles. The van der Waals surface area contributed by atoms with E-state index in [0.717, 1.165) is 10.8 Å². The third-order valence-electron chi connectivity index (χ3n) is 4.15. The van der Waals surface area contributed by atoms with E-state index >= 15 is 0 Å². The number of ether oxygens (including phenoxy) is 2.